The van der Waals surface area contributed by atoms with E-state index in [0.29, 0.717) is 10.7 Å². The molecule has 2 rings (SSSR count). The van der Waals surface area contributed by atoms with Gasteiger partial charge in [-0.05, 0) is 24.6 Å². The molecule has 0 aliphatic carbocycles. The Morgan fingerprint density at radius 1 is 1.38 bits per heavy atom. The maximum Gasteiger partial charge on any atom is 0.333 e. The molecule has 16 heavy (non-hydrogen) atoms. The van der Waals surface area contributed by atoms with Gasteiger partial charge in [-0.3, -0.25) is 0 Å². The average Bonchev–Trinajstić information content (AvgIpc) is 2.66. The molecule has 84 valence electrons. The van der Waals surface area contributed by atoms with Crippen LogP contribution in [0.2, 0.25) is 5.02 Å². The van der Waals surface area contributed by atoms with E-state index in [9.17, 15) is 4.79 Å². The number of hydrazine groups is 1. The Labute approximate surface area is 98.2 Å². The second-order valence-corrected chi connectivity index (χ2v) is 3.90. The number of rotatable bonds is 3. The number of aryl methyl sites for hydroxylation is 1. The Kier molecular flexibility index (Phi) is 3.01. The van der Waals surface area contributed by atoms with Crippen molar-refractivity contribution in [1.29, 1.82) is 0 Å². The molecule has 1 aliphatic rings. The third-order valence-electron chi connectivity index (χ3n) is 2.20. The van der Waals surface area contributed by atoms with Gasteiger partial charge in [0.1, 0.15) is 6.61 Å². The first-order valence-electron chi connectivity index (χ1n) is 4.80. The molecule has 0 saturated carbocycles. The van der Waals surface area contributed by atoms with Crippen LogP contribution in [0.5, 0.6) is 0 Å². The summed E-state index contributed by atoms with van der Waals surface area (Å²) in [6, 6.07) is 5.62. The highest BCUT2D eigenvalue weighted by molar-refractivity contribution is 6.31. The quantitative estimate of drug-likeness (QED) is 0.625. The fourth-order valence-electron chi connectivity index (χ4n) is 1.27. The minimum atomic E-state index is -0.328. The van der Waals surface area contributed by atoms with Crippen LogP contribution in [0.3, 0.4) is 0 Å². The third kappa shape index (κ3) is 2.46. The van der Waals surface area contributed by atoms with Gasteiger partial charge >= 0.3 is 5.97 Å². The Bertz CT molecular complexity index is 457. The number of hydrogen-bond acceptors (Lipinski definition) is 4. The fourth-order valence-corrected chi connectivity index (χ4v) is 1.45. The van der Waals surface area contributed by atoms with Crippen LogP contribution in [0.25, 0.3) is 0 Å². The van der Waals surface area contributed by atoms with Crippen molar-refractivity contribution < 1.29 is 9.53 Å². The van der Waals surface area contributed by atoms with Gasteiger partial charge in [0.05, 0.1) is 11.4 Å². The van der Waals surface area contributed by atoms with Crippen LogP contribution in [-0.2, 0) is 9.53 Å². The molecule has 0 saturated heterocycles. The topological polar surface area (TPSA) is 50.4 Å². The summed E-state index contributed by atoms with van der Waals surface area (Å²) in [6.45, 7) is 2.21. The van der Waals surface area contributed by atoms with Crippen LogP contribution in [0.1, 0.15) is 5.56 Å². The fraction of sp³-hybridized carbons (Fsp3) is 0.182. The van der Waals surface area contributed by atoms with Gasteiger partial charge in [0.15, 0.2) is 0 Å². The van der Waals surface area contributed by atoms with E-state index in [1.54, 1.807) is 0 Å². The van der Waals surface area contributed by atoms with Crippen LogP contribution in [0, 0.1) is 6.92 Å². The number of carbonyl (C=O) groups is 1. The predicted molar refractivity (Wildman–Crippen MR) is 62.0 cm³/mol. The highest BCUT2D eigenvalue weighted by Gasteiger charge is 2.11. The van der Waals surface area contributed by atoms with Gasteiger partial charge in [0.25, 0.3) is 0 Å². The largest absolute Gasteiger partial charge is 0.456 e. The van der Waals surface area contributed by atoms with Gasteiger partial charge in [-0.2, -0.15) is 0 Å². The van der Waals surface area contributed by atoms with Crippen molar-refractivity contribution in [3.63, 3.8) is 0 Å². The molecule has 0 atom stereocenters. The molecule has 0 unspecified atom stereocenters. The Hall–Kier alpha value is -1.68. The van der Waals surface area contributed by atoms with Gasteiger partial charge < -0.3 is 15.6 Å². The monoisotopic (exact) mass is 238 g/mol. The SMILES string of the molecule is Cc1ccc(NNC2=CC(=O)OC2)cc1Cl. The Balaban J connectivity index is 1.97. The second-order valence-electron chi connectivity index (χ2n) is 3.49. The summed E-state index contributed by atoms with van der Waals surface area (Å²) in [7, 11) is 0. The lowest BCUT2D eigenvalue weighted by atomic mass is 10.2. The molecule has 0 amide bonds. The van der Waals surface area contributed by atoms with E-state index in [1.165, 1.54) is 6.08 Å². The van der Waals surface area contributed by atoms with Crippen LogP contribution in [-0.4, -0.2) is 12.6 Å². The Morgan fingerprint density at radius 2 is 2.19 bits per heavy atom. The molecule has 0 radical (unpaired) electrons. The van der Waals surface area contributed by atoms with Crippen molar-refractivity contribution in [1.82, 2.24) is 5.43 Å². The smallest absolute Gasteiger partial charge is 0.333 e. The van der Waals surface area contributed by atoms with Crippen LogP contribution < -0.4 is 10.9 Å². The summed E-state index contributed by atoms with van der Waals surface area (Å²) >= 11 is 5.97. The number of hydrogen-bond donors (Lipinski definition) is 2. The van der Waals surface area contributed by atoms with Gasteiger partial charge in [-0.1, -0.05) is 17.7 Å². The number of nitrogens with one attached hydrogen (secondary N) is 2. The van der Waals surface area contributed by atoms with Crippen molar-refractivity contribution in [2.45, 2.75) is 6.92 Å². The highest BCUT2D eigenvalue weighted by atomic mass is 35.5. The number of carbonyl (C=O) groups excluding carboxylic acids is 1. The molecular formula is C11H11ClN2O2. The number of anilines is 1. The van der Waals surface area contributed by atoms with E-state index in [4.69, 9.17) is 16.3 Å². The standard InChI is InChI=1S/C11H11ClN2O2/c1-7-2-3-8(4-10(7)12)13-14-9-5-11(15)16-6-9/h2-5,13-14H,6H2,1H3. The van der Waals surface area contributed by atoms with Crippen LogP contribution in [0.15, 0.2) is 30.0 Å². The van der Waals surface area contributed by atoms with Crippen LogP contribution >= 0.6 is 11.6 Å². The van der Waals surface area contributed by atoms with Gasteiger partial charge in [-0.25, -0.2) is 4.79 Å². The van der Waals surface area contributed by atoms with E-state index in [2.05, 4.69) is 10.9 Å². The van der Waals surface area contributed by atoms with Crippen molar-refractivity contribution >= 4 is 23.3 Å². The van der Waals surface area contributed by atoms with Gasteiger partial charge in [0, 0.05) is 11.1 Å². The molecule has 1 aromatic carbocycles. The molecule has 1 aromatic rings. The molecule has 5 heteroatoms. The number of benzene rings is 1. The average molecular weight is 239 g/mol. The maximum absolute atomic E-state index is 10.8. The normalized spacial score (nSPS) is 14.4. The number of ether oxygens (including phenoxy) is 1. The number of halogens is 1. The van der Waals surface area contributed by atoms with E-state index < -0.39 is 0 Å². The number of esters is 1. The van der Waals surface area contributed by atoms with Crippen molar-refractivity contribution in [2.75, 3.05) is 12.0 Å². The summed E-state index contributed by atoms with van der Waals surface area (Å²) in [5, 5.41) is 0.694. The predicted octanol–water partition coefficient (Wildman–Crippen LogP) is 2.01. The summed E-state index contributed by atoms with van der Waals surface area (Å²) in [4.78, 5) is 10.8. The molecular weight excluding hydrogens is 228 g/mol. The lowest BCUT2D eigenvalue weighted by Crippen LogP contribution is -2.21. The number of cyclic esters (lactones) is 1. The summed E-state index contributed by atoms with van der Waals surface area (Å²) in [5.41, 5.74) is 8.37. The van der Waals surface area contributed by atoms with Gasteiger partial charge in [0.2, 0.25) is 0 Å². The summed E-state index contributed by atoms with van der Waals surface area (Å²) in [6.07, 6.45) is 1.41. The lowest BCUT2D eigenvalue weighted by molar-refractivity contribution is -0.134. The molecule has 0 aromatic heterocycles. The third-order valence-corrected chi connectivity index (χ3v) is 2.61. The summed E-state index contributed by atoms with van der Waals surface area (Å²) < 4.78 is 4.74. The minimum Gasteiger partial charge on any atom is -0.456 e. The molecule has 0 spiro atoms. The second kappa shape index (κ2) is 4.45. The maximum atomic E-state index is 10.8. The van der Waals surface area contributed by atoms with Crippen molar-refractivity contribution in [2.24, 2.45) is 0 Å². The van der Waals surface area contributed by atoms with E-state index in [0.717, 1.165) is 11.3 Å². The summed E-state index contributed by atoms with van der Waals surface area (Å²) in [5.74, 6) is -0.328. The zero-order valence-corrected chi connectivity index (χ0v) is 9.47. The van der Waals surface area contributed by atoms with Crippen LogP contribution in [0.4, 0.5) is 5.69 Å². The van der Waals surface area contributed by atoms with E-state index in [-0.39, 0.29) is 12.6 Å². The molecule has 2 N–H and O–H groups in total. The van der Waals surface area contributed by atoms with E-state index in [1.807, 2.05) is 25.1 Å². The van der Waals surface area contributed by atoms with Crippen molar-refractivity contribution in [3.05, 3.63) is 40.6 Å². The van der Waals surface area contributed by atoms with Crippen molar-refractivity contribution in [3.8, 4) is 0 Å². The zero-order chi connectivity index (χ0) is 11.5. The first-order valence-corrected chi connectivity index (χ1v) is 5.18. The first kappa shape index (κ1) is 10.8. The van der Waals surface area contributed by atoms with E-state index >= 15 is 0 Å². The lowest BCUT2D eigenvalue weighted by Gasteiger charge is -2.10. The molecule has 4 nitrogen and oxygen atoms in total. The van der Waals surface area contributed by atoms with Gasteiger partial charge in [-0.15, -0.1) is 0 Å². The first-order chi connectivity index (χ1) is 7.65. The Morgan fingerprint density at radius 3 is 2.81 bits per heavy atom. The molecule has 1 aliphatic heterocycles. The zero-order valence-electron chi connectivity index (χ0n) is 8.71. The highest BCUT2D eigenvalue weighted by Crippen LogP contribution is 2.19. The molecule has 0 bridgehead atoms. The molecule has 1 heterocycles. The minimum absolute atomic E-state index is 0.269. The molecule has 0 fully saturated rings.